The van der Waals surface area contributed by atoms with E-state index in [1.165, 1.54) is 0 Å². The maximum Gasteiger partial charge on any atom is 0.189 e. The Labute approximate surface area is 87.6 Å². The van der Waals surface area contributed by atoms with Gasteiger partial charge in [-0.05, 0) is 25.1 Å². The van der Waals surface area contributed by atoms with E-state index >= 15 is 0 Å². The lowest BCUT2D eigenvalue weighted by atomic mass is 10.2. The van der Waals surface area contributed by atoms with Gasteiger partial charge in [-0.1, -0.05) is 11.6 Å². The lowest BCUT2D eigenvalue weighted by molar-refractivity contribution is 0.0221. The zero-order valence-corrected chi connectivity index (χ0v) is 8.58. The molecule has 0 fully saturated rings. The van der Waals surface area contributed by atoms with E-state index in [-0.39, 0.29) is 6.79 Å². The highest BCUT2D eigenvalue weighted by molar-refractivity contribution is 6.30. The van der Waals surface area contributed by atoms with Crippen LogP contribution in [0.25, 0.3) is 0 Å². The molecule has 0 saturated heterocycles. The summed E-state index contributed by atoms with van der Waals surface area (Å²) in [5.41, 5.74) is 0.428. The Hall–Kier alpha value is -1.06. The van der Waals surface area contributed by atoms with E-state index in [1.807, 2.05) is 6.92 Å². The van der Waals surface area contributed by atoms with E-state index in [0.717, 1.165) is 0 Å². The molecule has 0 bridgehead atoms. The van der Waals surface area contributed by atoms with Crippen molar-refractivity contribution in [3.05, 3.63) is 28.8 Å². The second-order valence-corrected chi connectivity index (χ2v) is 2.99. The Morgan fingerprint density at radius 3 is 2.93 bits per heavy atom. The predicted molar refractivity (Wildman–Crippen MR) is 54.0 cm³/mol. The fraction of sp³-hybridized carbons (Fsp3) is 0.300. The van der Waals surface area contributed by atoms with Crippen LogP contribution in [0.5, 0.6) is 5.75 Å². The van der Waals surface area contributed by atoms with Crippen LogP contribution in [0, 0.1) is 0 Å². The first kappa shape index (κ1) is 11.0. The van der Waals surface area contributed by atoms with E-state index in [9.17, 15) is 4.79 Å². The van der Waals surface area contributed by atoms with Gasteiger partial charge in [-0.15, -0.1) is 0 Å². The summed E-state index contributed by atoms with van der Waals surface area (Å²) in [6, 6.07) is 4.86. The predicted octanol–water partition coefficient (Wildman–Crippen LogP) is 2.53. The molecule has 76 valence electrons. The molecule has 0 heterocycles. The van der Waals surface area contributed by atoms with E-state index in [4.69, 9.17) is 21.1 Å². The summed E-state index contributed by atoms with van der Waals surface area (Å²) in [5.74, 6) is 0.484. The average molecular weight is 215 g/mol. The SMILES string of the molecule is CCOCOc1ccc(Cl)cc1C=O. The number of ether oxygens (including phenoxy) is 2. The molecule has 4 heteroatoms. The number of halogens is 1. The van der Waals surface area contributed by atoms with Crippen molar-refractivity contribution in [2.24, 2.45) is 0 Å². The molecule has 3 nitrogen and oxygen atoms in total. The third kappa shape index (κ3) is 3.01. The zero-order chi connectivity index (χ0) is 10.4. The van der Waals surface area contributed by atoms with Crippen LogP contribution in [0.3, 0.4) is 0 Å². The van der Waals surface area contributed by atoms with Crippen molar-refractivity contribution in [1.29, 1.82) is 0 Å². The molecule has 0 aliphatic carbocycles. The maximum atomic E-state index is 10.6. The molecule has 0 unspecified atom stereocenters. The van der Waals surface area contributed by atoms with E-state index in [2.05, 4.69) is 0 Å². The van der Waals surface area contributed by atoms with Crippen molar-refractivity contribution in [3.8, 4) is 5.75 Å². The molecule has 14 heavy (non-hydrogen) atoms. The van der Waals surface area contributed by atoms with E-state index in [1.54, 1.807) is 18.2 Å². The van der Waals surface area contributed by atoms with Crippen LogP contribution >= 0.6 is 11.6 Å². The van der Waals surface area contributed by atoms with Gasteiger partial charge in [0.05, 0.1) is 5.56 Å². The molecular formula is C10H11ClO3. The third-order valence-electron chi connectivity index (χ3n) is 1.60. The lowest BCUT2D eigenvalue weighted by Crippen LogP contribution is -2.03. The van der Waals surface area contributed by atoms with Crippen molar-refractivity contribution in [1.82, 2.24) is 0 Å². The molecule has 1 rings (SSSR count). The second-order valence-electron chi connectivity index (χ2n) is 2.55. The summed E-state index contributed by atoms with van der Waals surface area (Å²) >= 11 is 5.71. The second kappa shape index (κ2) is 5.62. The average Bonchev–Trinajstić information content (AvgIpc) is 2.20. The van der Waals surface area contributed by atoms with Gasteiger partial charge in [-0.3, -0.25) is 4.79 Å². The van der Waals surface area contributed by atoms with Crippen LogP contribution in [0.4, 0.5) is 0 Å². The van der Waals surface area contributed by atoms with Gasteiger partial charge in [-0.2, -0.15) is 0 Å². The Kier molecular flexibility index (Phi) is 4.43. The van der Waals surface area contributed by atoms with Crippen LogP contribution in [-0.4, -0.2) is 19.7 Å². The Balaban J connectivity index is 2.70. The third-order valence-corrected chi connectivity index (χ3v) is 1.84. The summed E-state index contributed by atoms with van der Waals surface area (Å²) in [6.45, 7) is 2.58. The van der Waals surface area contributed by atoms with Gasteiger partial charge in [0.15, 0.2) is 13.1 Å². The smallest absolute Gasteiger partial charge is 0.189 e. The summed E-state index contributed by atoms with van der Waals surface area (Å²) in [4.78, 5) is 10.6. The van der Waals surface area contributed by atoms with Crippen LogP contribution in [0.15, 0.2) is 18.2 Å². The minimum absolute atomic E-state index is 0.138. The molecule has 0 atom stereocenters. The van der Waals surface area contributed by atoms with E-state index in [0.29, 0.717) is 29.2 Å². The molecule has 0 radical (unpaired) electrons. The fourth-order valence-electron chi connectivity index (χ4n) is 0.931. The first-order valence-corrected chi connectivity index (χ1v) is 4.61. The van der Waals surface area contributed by atoms with Gasteiger partial charge >= 0.3 is 0 Å². The number of rotatable bonds is 5. The van der Waals surface area contributed by atoms with Gasteiger partial charge in [0.2, 0.25) is 0 Å². The fourth-order valence-corrected chi connectivity index (χ4v) is 1.11. The van der Waals surface area contributed by atoms with Crippen molar-refractivity contribution in [2.75, 3.05) is 13.4 Å². The highest BCUT2D eigenvalue weighted by Gasteiger charge is 2.03. The number of hydrogen-bond acceptors (Lipinski definition) is 3. The number of carbonyl (C=O) groups is 1. The lowest BCUT2D eigenvalue weighted by Gasteiger charge is -2.07. The van der Waals surface area contributed by atoms with Gasteiger partial charge in [0, 0.05) is 11.6 Å². The van der Waals surface area contributed by atoms with E-state index < -0.39 is 0 Å². The van der Waals surface area contributed by atoms with Crippen molar-refractivity contribution in [2.45, 2.75) is 6.92 Å². The summed E-state index contributed by atoms with van der Waals surface area (Å²) in [5, 5.41) is 0.510. The normalized spacial score (nSPS) is 9.86. The zero-order valence-electron chi connectivity index (χ0n) is 7.83. The van der Waals surface area contributed by atoms with Crippen molar-refractivity contribution < 1.29 is 14.3 Å². The largest absolute Gasteiger partial charge is 0.467 e. The van der Waals surface area contributed by atoms with Crippen LogP contribution < -0.4 is 4.74 Å². The number of hydrogen-bond donors (Lipinski definition) is 0. The van der Waals surface area contributed by atoms with Gasteiger partial charge in [-0.25, -0.2) is 0 Å². The summed E-state index contributed by atoms with van der Waals surface area (Å²) < 4.78 is 10.2. The van der Waals surface area contributed by atoms with Crippen molar-refractivity contribution in [3.63, 3.8) is 0 Å². The Morgan fingerprint density at radius 1 is 1.50 bits per heavy atom. The molecule has 1 aromatic carbocycles. The minimum Gasteiger partial charge on any atom is -0.467 e. The molecular weight excluding hydrogens is 204 g/mol. The standard InChI is InChI=1S/C10H11ClO3/c1-2-13-7-14-10-4-3-9(11)5-8(10)6-12/h3-6H,2,7H2,1H3. The maximum absolute atomic E-state index is 10.6. The van der Waals surface area contributed by atoms with Gasteiger partial charge in [0.1, 0.15) is 5.75 Å². The first-order valence-electron chi connectivity index (χ1n) is 4.23. The van der Waals surface area contributed by atoms with Crippen molar-refractivity contribution >= 4 is 17.9 Å². The molecule has 0 spiro atoms. The van der Waals surface area contributed by atoms with Gasteiger partial charge in [0.25, 0.3) is 0 Å². The monoisotopic (exact) mass is 214 g/mol. The number of carbonyl (C=O) groups excluding carboxylic acids is 1. The quantitative estimate of drug-likeness (QED) is 0.429. The highest BCUT2D eigenvalue weighted by Crippen LogP contribution is 2.21. The molecule has 0 N–H and O–H groups in total. The first-order chi connectivity index (χ1) is 6.77. The topological polar surface area (TPSA) is 35.5 Å². The molecule has 0 aromatic heterocycles. The molecule has 1 aromatic rings. The Bertz CT molecular complexity index is 312. The highest BCUT2D eigenvalue weighted by atomic mass is 35.5. The van der Waals surface area contributed by atoms with Crippen LogP contribution in [0.1, 0.15) is 17.3 Å². The molecule has 0 amide bonds. The van der Waals surface area contributed by atoms with Gasteiger partial charge < -0.3 is 9.47 Å². The number of aldehydes is 1. The Morgan fingerprint density at radius 2 is 2.29 bits per heavy atom. The summed E-state index contributed by atoms with van der Waals surface area (Å²) in [6.07, 6.45) is 0.702. The molecule has 0 aliphatic heterocycles. The number of benzene rings is 1. The van der Waals surface area contributed by atoms with Crippen LogP contribution in [-0.2, 0) is 4.74 Å². The molecule has 0 saturated carbocycles. The molecule has 0 aliphatic rings. The summed E-state index contributed by atoms with van der Waals surface area (Å²) in [7, 11) is 0. The minimum atomic E-state index is 0.138. The van der Waals surface area contributed by atoms with Crippen LogP contribution in [0.2, 0.25) is 5.02 Å².